The van der Waals surface area contributed by atoms with E-state index in [2.05, 4.69) is 41.2 Å². The number of hydrogen-bond acceptors (Lipinski definition) is 8. The smallest absolute Gasteiger partial charge is 0.327 e. The van der Waals surface area contributed by atoms with Gasteiger partial charge in [-0.25, -0.2) is 4.79 Å². The number of nitrogens with two attached hydrogens (primary N) is 1. The van der Waals surface area contributed by atoms with Gasteiger partial charge in [-0.2, -0.15) is 25.3 Å². The molecule has 0 heterocycles. The molecular formula is C16H30N4O6S2. The Kier molecular flexibility index (Phi) is 12.2. The molecule has 12 heteroatoms. The number of carbonyl (C=O) groups excluding carboxylic acids is 3. The third-order valence-electron chi connectivity index (χ3n) is 3.78. The van der Waals surface area contributed by atoms with Gasteiger partial charge in [0.25, 0.3) is 0 Å². The molecule has 0 rings (SSSR count). The molecule has 0 aliphatic heterocycles. The molecule has 0 spiro atoms. The summed E-state index contributed by atoms with van der Waals surface area (Å²) in [5.41, 5.74) is 5.53. The summed E-state index contributed by atoms with van der Waals surface area (Å²) in [6.45, 7) is 5.00. The van der Waals surface area contributed by atoms with Crippen LogP contribution in [0.2, 0.25) is 0 Å². The zero-order chi connectivity index (χ0) is 22.0. The Labute approximate surface area is 175 Å². The third-order valence-corrected chi connectivity index (χ3v) is 4.51. The number of aliphatic hydroxyl groups excluding tert-OH is 1. The second-order valence-corrected chi connectivity index (χ2v) is 7.51. The molecule has 0 saturated carbocycles. The number of aliphatic carboxylic acids is 1. The maximum Gasteiger partial charge on any atom is 0.327 e. The van der Waals surface area contributed by atoms with E-state index in [1.807, 2.05) is 13.8 Å². The molecule has 0 fully saturated rings. The molecule has 3 amide bonds. The number of hydrogen-bond donors (Lipinski definition) is 8. The molecular weight excluding hydrogens is 408 g/mol. The van der Waals surface area contributed by atoms with Crippen molar-refractivity contribution >= 4 is 48.9 Å². The van der Waals surface area contributed by atoms with Gasteiger partial charge in [-0.05, 0) is 19.3 Å². The minimum Gasteiger partial charge on any atom is -0.480 e. The molecule has 0 saturated heterocycles. The molecule has 7 N–H and O–H groups in total. The van der Waals surface area contributed by atoms with Crippen LogP contribution < -0.4 is 21.7 Å². The van der Waals surface area contributed by atoms with Crippen LogP contribution in [-0.2, 0) is 19.2 Å². The summed E-state index contributed by atoms with van der Waals surface area (Å²) in [4.78, 5) is 48.0. The number of carboxylic acids is 1. The fourth-order valence-electron chi connectivity index (χ4n) is 2.11. The number of rotatable bonds is 12. The van der Waals surface area contributed by atoms with Crippen molar-refractivity contribution in [1.82, 2.24) is 16.0 Å². The van der Waals surface area contributed by atoms with Crippen molar-refractivity contribution in [3.63, 3.8) is 0 Å². The van der Waals surface area contributed by atoms with E-state index in [1.54, 1.807) is 0 Å². The summed E-state index contributed by atoms with van der Waals surface area (Å²) in [6.07, 6.45) is -0.867. The average molecular weight is 439 g/mol. The molecule has 28 heavy (non-hydrogen) atoms. The zero-order valence-electron chi connectivity index (χ0n) is 16.1. The summed E-state index contributed by atoms with van der Waals surface area (Å²) >= 11 is 7.91. The molecule has 0 bridgehead atoms. The van der Waals surface area contributed by atoms with Gasteiger partial charge in [0.15, 0.2) is 0 Å². The van der Waals surface area contributed by atoms with Crippen molar-refractivity contribution in [1.29, 1.82) is 0 Å². The predicted molar refractivity (Wildman–Crippen MR) is 110 cm³/mol. The van der Waals surface area contributed by atoms with E-state index in [4.69, 9.17) is 10.8 Å². The summed E-state index contributed by atoms with van der Waals surface area (Å²) in [5.74, 6) is -3.51. The lowest BCUT2D eigenvalue weighted by Crippen LogP contribution is -2.59. The average Bonchev–Trinajstić information content (AvgIpc) is 2.61. The molecule has 162 valence electrons. The van der Waals surface area contributed by atoms with Gasteiger partial charge >= 0.3 is 5.97 Å². The quantitative estimate of drug-likeness (QED) is 0.165. The Balaban J connectivity index is 5.18. The Morgan fingerprint density at radius 1 is 0.857 bits per heavy atom. The van der Waals surface area contributed by atoms with Crippen LogP contribution in [0.15, 0.2) is 0 Å². The van der Waals surface area contributed by atoms with Gasteiger partial charge in [0.1, 0.15) is 24.2 Å². The zero-order valence-corrected chi connectivity index (χ0v) is 17.9. The number of aliphatic hydroxyl groups is 1. The van der Waals surface area contributed by atoms with Crippen molar-refractivity contribution in [2.45, 2.75) is 57.5 Å². The number of thiol groups is 2. The van der Waals surface area contributed by atoms with E-state index in [0.717, 1.165) is 0 Å². The second kappa shape index (κ2) is 12.9. The lowest BCUT2D eigenvalue weighted by atomic mass is 10.0. The summed E-state index contributed by atoms with van der Waals surface area (Å²) in [7, 11) is 0. The van der Waals surface area contributed by atoms with Crippen LogP contribution >= 0.6 is 25.3 Å². The fraction of sp³-hybridized carbons (Fsp3) is 0.750. The van der Waals surface area contributed by atoms with Crippen LogP contribution in [0.4, 0.5) is 0 Å². The van der Waals surface area contributed by atoms with Crippen molar-refractivity contribution in [2.24, 2.45) is 11.7 Å². The minimum absolute atomic E-state index is 0.0167. The Morgan fingerprint density at radius 3 is 1.68 bits per heavy atom. The van der Waals surface area contributed by atoms with E-state index >= 15 is 0 Å². The summed E-state index contributed by atoms with van der Waals surface area (Å²) in [5, 5.41) is 25.6. The van der Waals surface area contributed by atoms with Crippen LogP contribution in [-0.4, -0.2) is 75.7 Å². The second-order valence-electron chi connectivity index (χ2n) is 6.78. The lowest BCUT2D eigenvalue weighted by Gasteiger charge is -2.25. The highest BCUT2D eigenvalue weighted by atomic mass is 32.1. The van der Waals surface area contributed by atoms with E-state index in [1.165, 1.54) is 6.92 Å². The monoisotopic (exact) mass is 438 g/mol. The molecule has 5 unspecified atom stereocenters. The van der Waals surface area contributed by atoms with Crippen molar-refractivity contribution in [2.75, 3.05) is 11.5 Å². The van der Waals surface area contributed by atoms with Gasteiger partial charge in [-0.1, -0.05) is 13.8 Å². The summed E-state index contributed by atoms with van der Waals surface area (Å²) in [6, 6.07) is -4.54. The lowest BCUT2D eigenvalue weighted by molar-refractivity contribution is -0.141. The third kappa shape index (κ3) is 9.13. The molecule has 0 aromatic carbocycles. The number of carboxylic acid groups (broad SMARTS) is 1. The largest absolute Gasteiger partial charge is 0.480 e. The maximum atomic E-state index is 12.5. The first-order valence-electron chi connectivity index (χ1n) is 8.73. The molecule has 0 aromatic rings. The van der Waals surface area contributed by atoms with Crippen molar-refractivity contribution in [3.05, 3.63) is 0 Å². The fourth-order valence-corrected chi connectivity index (χ4v) is 2.62. The maximum absolute atomic E-state index is 12.5. The Morgan fingerprint density at radius 2 is 1.29 bits per heavy atom. The normalized spacial score (nSPS) is 16.4. The SMILES string of the molecule is CC(C)CC(NC(=O)C(CS)NC(=O)C(N)C(C)O)C(=O)NC(CS)C(=O)O. The van der Waals surface area contributed by atoms with Crippen LogP contribution in [0.1, 0.15) is 27.2 Å². The van der Waals surface area contributed by atoms with E-state index in [9.17, 15) is 24.3 Å². The number of nitrogens with one attached hydrogen (secondary N) is 3. The summed E-state index contributed by atoms with van der Waals surface area (Å²) < 4.78 is 0. The number of amides is 3. The van der Waals surface area contributed by atoms with Crippen LogP contribution in [0.25, 0.3) is 0 Å². The predicted octanol–water partition coefficient (Wildman–Crippen LogP) is -1.86. The standard InChI is InChI=1S/C16H30N4O6S2/c1-7(2)4-9(13(22)20-11(6-28)16(25)26)18-14(23)10(5-27)19-15(24)12(17)8(3)21/h7-12,21,27-28H,4-6,17H2,1-3H3,(H,18,23)(H,19,24)(H,20,22)(H,25,26). The first kappa shape index (κ1) is 26.5. The van der Waals surface area contributed by atoms with Gasteiger partial charge in [-0.3, -0.25) is 14.4 Å². The van der Waals surface area contributed by atoms with Crippen LogP contribution in [0.5, 0.6) is 0 Å². The van der Waals surface area contributed by atoms with E-state index < -0.39 is 54.0 Å². The topological polar surface area (TPSA) is 171 Å². The van der Waals surface area contributed by atoms with Crippen molar-refractivity contribution in [3.8, 4) is 0 Å². The number of carbonyl (C=O) groups is 4. The van der Waals surface area contributed by atoms with Gasteiger partial charge in [0.2, 0.25) is 17.7 Å². The van der Waals surface area contributed by atoms with Crippen LogP contribution in [0.3, 0.4) is 0 Å². The molecule has 0 radical (unpaired) electrons. The highest BCUT2D eigenvalue weighted by Crippen LogP contribution is 2.07. The molecule has 10 nitrogen and oxygen atoms in total. The first-order chi connectivity index (χ1) is 12.9. The minimum atomic E-state index is -1.24. The van der Waals surface area contributed by atoms with Gasteiger partial charge < -0.3 is 31.9 Å². The Bertz CT molecular complexity index is 561. The van der Waals surface area contributed by atoms with Gasteiger partial charge in [0, 0.05) is 11.5 Å². The Hall–Kier alpha value is -1.50. The van der Waals surface area contributed by atoms with Crippen molar-refractivity contribution < 1.29 is 29.4 Å². The highest BCUT2D eigenvalue weighted by Gasteiger charge is 2.30. The molecule has 0 aliphatic carbocycles. The molecule has 0 aliphatic rings. The van der Waals surface area contributed by atoms with E-state index in [-0.39, 0.29) is 23.8 Å². The van der Waals surface area contributed by atoms with Crippen LogP contribution in [0, 0.1) is 5.92 Å². The van der Waals surface area contributed by atoms with Gasteiger partial charge in [0.05, 0.1) is 6.10 Å². The van der Waals surface area contributed by atoms with Gasteiger partial charge in [-0.15, -0.1) is 0 Å². The molecule has 5 atom stereocenters. The molecule has 0 aromatic heterocycles. The first-order valence-corrected chi connectivity index (χ1v) is 10.00. The van der Waals surface area contributed by atoms with E-state index in [0.29, 0.717) is 0 Å². The highest BCUT2D eigenvalue weighted by molar-refractivity contribution is 7.80.